The summed E-state index contributed by atoms with van der Waals surface area (Å²) >= 11 is 9.48. The monoisotopic (exact) mass is 287 g/mol. The fourth-order valence-corrected chi connectivity index (χ4v) is 2.55. The van der Waals surface area contributed by atoms with Crippen LogP contribution in [0.2, 0.25) is 0 Å². The van der Waals surface area contributed by atoms with Crippen LogP contribution in [0.15, 0.2) is 22.8 Å². The highest BCUT2D eigenvalue weighted by atomic mass is 79.9. The lowest BCUT2D eigenvalue weighted by Crippen LogP contribution is -2.24. The Balaban J connectivity index is 2.09. The van der Waals surface area contributed by atoms with E-state index in [1.165, 1.54) is 12.8 Å². The standard InChI is InChI=1S/C12H15BrClN/c1-12(8-14,9-2-3-9)6-11-5-4-10(13)7-15-11/h4-5,7,9H,2-3,6,8H2,1H3. The highest BCUT2D eigenvalue weighted by Crippen LogP contribution is 2.47. The lowest BCUT2D eigenvalue weighted by molar-refractivity contribution is 0.310. The Bertz CT molecular complexity index is 334. The van der Waals surface area contributed by atoms with Gasteiger partial charge in [0.25, 0.3) is 0 Å². The molecule has 0 aromatic carbocycles. The number of nitrogens with zero attached hydrogens (tertiary/aromatic N) is 1. The zero-order chi connectivity index (χ0) is 10.9. The van der Waals surface area contributed by atoms with Crippen molar-refractivity contribution in [2.45, 2.75) is 26.2 Å². The number of pyridine rings is 1. The van der Waals surface area contributed by atoms with Gasteiger partial charge in [-0.15, -0.1) is 11.6 Å². The van der Waals surface area contributed by atoms with Gasteiger partial charge in [0, 0.05) is 22.2 Å². The maximum atomic E-state index is 6.09. The number of halogens is 2. The molecule has 0 saturated heterocycles. The van der Waals surface area contributed by atoms with Gasteiger partial charge in [0.15, 0.2) is 0 Å². The van der Waals surface area contributed by atoms with Gasteiger partial charge in [-0.2, -0.15) is 0 Å². The molecule has 1 heterocycles. The molecule has 15 heavy (non-hydrogen) atoms. The van der Waals surface area contributed by atoms with Gasteiger partial charge in [-0.25, -0.2) is 0 Å². The van der Waals surface area contributed by atoms with E-state index in [9.17, 15) is 0 Å². The summed E-state index contributed by atoms with van der Waals surface area (Å²) in [5.41, 5.74) is 1.39. The highest BCUT2D eigenvalue weighted by Gasteiger charge is 2.40. The fourth-order valence-electron chi connectivity index (χ4n) is 2.01. The average Bonchev–Trinajstić information content (AvgIpc) is 3.05. The molecule has 0 spiro atoms. The van der Waals surface area contributed by atoms with Gasteiger partial charge in [-0.05, 0) is 58.7 Å². The minimum atomic E-state index is 0.238. The summed E-state index contributed by atoms with van der Waals surface area (Å²) in [6.45, 7) is 2.28. The summed E-state index contributed by atoms with van der Waals surface area (Å²) in [7, 11) is 0. The van der Waals surface area contributed by atoms with E-state index < -0.39 is 0 Å². The van der Waals surface area contributed by atoms with E-state index in [0.717, 1.165) is 28.4 Å². The summed E-state index contributed by atoms with van der Waals surface area (Å²) in [6, 6.07) is 4.13. The van der Waals surface area contributed by atoms with Crippen molar-refractivity contribution in [3.63, 3.8) is 0 Å². The first kappa shape index (κ1) is 11.4. The molecule has 1 aromatic rings. The number of rotatable bonds is 4. The van der Waals surface area contributed by atoms with Crippen LogP contribution < -0.4 is 0 Å². The highest BCUT2D eigenvalue weighted by molar-refractivity contribution is 9.10. The molecule has 1 aliphatic rings. The van der Waals surface area contributed by atoms with Crippen molar-refractivity contribution in [1.29, 1.82) is 0 Å². The second-order valence-corrected chi connectivity index (χ2v) is 5.89. The third kappa shape index (κ3) is 2.73. The van der Waals surface area contributed by atoms with Crippen molar-refractivity contribution in [1.82, 2.24) is 4.98 Å². The van der Waals surface area contributed by atoms with E-state index in [0.29, 0.717) is 0 Å². The van der Waals surface area contributed by atoms with E-state index in [1.807, 2.05) is 12.3 Å². The van der Waals surface area contributed by atoms with Gasteiger partial charge in [-0.1, -0.05) is 6.92 Å². The van der Waals surface area contributed by atoms with Gasteiger partial charge >= 0.3 is 0 Å². The molecule has 2 rings (SSSR count). The molecule has 0 radical (unpaired) electrons. The van der Waals surface area contributed by atoms with E-state index in [-0.39, 0.29) is 5.41 Å². The summed E-state index contributed by atoms with van der Waals surface area (Å²) in [4.78, 5) is 4.42. The SMILES string of the molecule is CC(CCl)(Cc1ccc(Br)cn1)C1CC1. The van der Waals surface area contributed by atoms with Gasteiger partial charge in [0.05, 0.1) is 0 Å². The molecular formula is C12H15BrClN. The Hall–Kier alpha value is -0.0800. The van der Waals surface area contributed by atoms with Crippen LogP contribution in [0.3, 0.4) is 0 Å². The second-order valence-electron chi connectivity index (χ2n) is 4.71. The van der Waals surface area contributed by atoms with Crippen LogP contribution in [-0.4, -0.2) is 10.9 Å². The fraction of sp³-hybridized carbons (Fsp3) is 0.583. The van der Waals surface area contributed by atoms with E-state index in [2.05, 4.69) is 33.9 Å². The van der Waals surface area contributed by atoms with Crippen molar-refractivity contribution < 1.29 is 0 Å². The molecule has 1 atom stereocenters. The first-order chi connectivity index (χ1) is 7.14. The summed E-state index contributed by atoms with van der Waals surface area (Å²) in [5, 5.41) is 0. The molecule has 1 nitrogen and oxygen atoms in total. The van der Waals surface area contributed by atoms with Gasteiger partial charge in [0.1, 0.15) is 0 Å². The molecule has 1 unspecified atom stereocenters. The van der Waals surface area contributed by atoms with Crippen molar-refractivity contribution in [3.05, 3.63) is 28.5 Å². The Morgan fingerprint density at radius 3 is 2.73 bits per heavy atom. The van der Waals surface area contributed by atoms with Gasteiger partial charge in [0.2, 0.25) is 0 Å². The Labute approximate surface area is 104 Å². The summed E-state index contributed by atoms with van der Waals surface area (Å²) in [6.07, 6.45) is 5.52. The molecule has 0 bridgehead atoms. The molecule has 3 heteroatoms. The molecule has 1 aliphatic carbocycles. The number of hydrogen-bond donors (Lipinski definition) is 0. The summed E-state index contributed by atoms with van der Waals surface area (Å²) < 4.78 is 1.03. The summed E-state index contributed by atoms with van der Waals surface area (Å²) in [5.74, 6) is 1.54. The van der Waals surface area contributed by atoms with Crippen LogP contribution in [-0.2, 0) is 6.42 Å². The topological polar surface area (TPSA) is 12.9 Å². The van der Waals surface area contributed by atoms with Crippen molar-refractivity contribution in [2.24, 2.45) is 11.3 Å². The van der Waals surface area contributed by atoms with Crippen LogP contribution in [0, 0.1) is 11.3 Å². The van der Waals surface area contributed by atoms with Crippen molar-refractivity contribution >= 4 is 27.5 Å². The van der Waals surface area contributed by atoms with Crippen LogP contribution in [0.25, 0.3) is 0 Å². The first-order valence-corrected chi connectivity index (χ1v) is 6.63. The quantitative estimate of drug-likeness (QED) is 0.762. The Morgan fingerprint density at radius 2 is 2.27 bits per heavy atom. The minimum absolute atomic E-state index is 0.238. The van der Waals surface area contributed by atoms with Crippen LogP contribution in [0.1, 0.15) is 25.5 Å². The van der Waals surface area contributed by atoms with Gasteiger partial charge in [-0.3, -0.25) is 4.98 Å². The number of aromatic nitrogens is 1. The normalized spacial score (nSPS) is 19.9. The zero-order valence-corrected chi connectivity index (χ0v) is 11.2. The first-order valence-electron chi connectivity index (χ1n) is 5.30. The van der Waals surface area contributed by atoms with Crippen LogP contribution >= 0.6 is 27.5 Å². The lowest BCUT2D eigenvalue weighted by Gasteiger charge is -2.26. The molecule has 1 saturated carbocycles. The van der Waals surface area contributed by atoms with Crippen LogP contribution in [0.4, 0.5) is 0 Å². The third-order valence-electron chi connectivity index (χ3n) is 3.24. The lowest BCUT2D eigenvalue weighted by atomic mass is 9.82. The second kappa shape index (κ2) is 4.42. The number of hydrogen-bond acceptors (Lipinski definition) is 1. The largest absolute Gasteiger partial charge is 0.260 e. The maximum absolute atomic E-state index is 6.09. The van der Waals surface area contributed by atoms with Gasteiger partial charge < -0.3 is 0 Å². The molecular weight excluding hydrogens is 273 g/mol. The molecule has 82 valence electrons. The van der Waals surface area contributed by atoms with E-state index in [4.69, 9.17) is 11.6 Å². The molecule has 1 fully saturated rings. The number of alkyl halides is 1. The Morgan fingerprint density at radius 1 is 1.53 bits per heavy atom. The molecule has 0 amide bonds. The predicted octanol–water partition coefficient (Wildman–Crippen LogP) is 4.04. The average molecular weight is 289 g/mol. The zero-order valence-electron chi connectivity index (χ0n) is 8.84. The van der Waals surface area contributed by atoms with Crippen LogP contribution in [0.5, 0.6) is 0 Å². The molecule has 1 aromatic heterocycles. The van der Waals surface area contributed by atoms with E-state index in [1.54, 1.807) is 0 Å². The minimum Gasteiger partial charge on any atom is -0.260 e. The van der Waals surface area contributed by atoms with Crippen molar-refractivity contribution in [2.75, 3.05) is 5.88 Å². The predicted molar refractivity (Wildman–Crippen MR) is 67.2 cm³/mol. The van der Waals surface area contributed by atoms with E-state index >= 15 is 0 Å². The molecule has 0 N–H and O–H groups in total. The third-order valence-corrected chi connectivity index (χ3v) is 4.32. The molecule has 0 aliphatic heterocycles. The smallest absolute Gasteiger partial charge is 0.0413 e. The Kier molecular flexibility index (Phi) is 3.36. The maximum Gasteiger partial charge on any atom is 0.0413 e. The van der Waals surface area contributed by atoms with Crippen molar-refractivity contribution in [3.8, 4) is 0 Å².